The maximum absolute atomic E-state index is 12.3. The summed E-state index contributed by atoms with van der Waals surface area (Å²) < 4.78 is 0.755. The summed E-state index contributed by atoms with van der Waals surface area (Å²) in [4.78, 5) is 15.2. The number of carbonyl (C=O) groups excluding carboxylic acids is 1. The first-order valence-corrected chi connectivity index (χ1v) is 8.00. The Morgan fingerprint density at radius 3 is 3.06 bits per heavy atom. The van der Waals surface area contributed by atoms with Gasteiger partial charge in [0.2, 0.25) is 5.91 Å². The van der Waals surface area contributed by atoms with E-state index in [2.05, 4.69) is 11.9 Å². The van der Waals surface area contributed by atoms with Gasteiger partial charge in [0.15, 0.2) is 0 Å². The summed E-state index contributed by atoms with van der Waals surface area (Å²) in [6.45, 7) is 4.88. The van der Waals surface area contributed by atoms with Crippen LogP contribution >= 0.6 is 34.7 Å². The molecule has 1 unspecified atom stereocenters. The summed E-state index contributed by atoms with van der Waals surface area (Å²) in [6.07, 6.45) is 1.76. The molecule has 1 aliphatic rings. The van der Waals surface area contributed by atoms with Crippen LogP contribution in [-0.2, 0) is 11.3 Å². The van der Waals surface area contributed by atoms with Gasteiger partial charge in [0, 0.05) is 23.1 Å². The Morgan fingerprint density at radius 2 is 2.50 bits per heavy atom. The van der Waals surface area contributed by atoms with Crippen LogP contribution in [-0.4, -0.2) is 35.0 Å². The highest BCUT2D eigenvalue weighted by molar-refractivity contribution is 7.99. The van der Waals surface area contributed by atoms with Crippen molar-refractivity contribution in [2.75, 3.05) is 18.2 Å². The zero-order valence-corrected chi connectivity index (χ0v) is 12.3. The van der Waals surface area contributed by atoms with Crippen LogP contribution in [0, 0.1) is 0 Å². The molecule has 3 nitrogen and oxygen atoms in total. The molecule has 0 saturated carbocycles. The Balaban J connectivity index is 2.02. The summed E-state index contributed by atoms with van der Waals surface area (Å²) in [6, 6.07) is 3.76. The van der Waals surface area contributed by atoms with Crippen molar-refractivity contribution < 1.29 is 4.79 Å². The van der Waals surface area contributed by atoms with Crippen LogP contribution in [0.25, 0.3) is 0 Å². The van der Waals surface area contributed by atoms with Crippen molar-refractivity contribution in [2.45, 2.75) is 12.6 Å². The van der Waals surface area contributed by atoms with E-state index in [9.17, 15) is 4.79 Å². The molecule has 1 aromatic heterocycles. The first-order valence-electron chi connectivity index (χ1n) is 5.65. The smallest absolute Gasteiger partial charge is 0.241 e. The zero-order chi connectivity index (χ0) is 13.0. The van der Waals surface area contributed by atoms with Crippen LogP contribution in [0.4, 0.5) is 0 Å². The number of hydrogen-bond acceptors (Lipinski definition) is 4. The number of rotatable bonds is 5. The fourth-order valence-corrected chi connectivity index (χ4v) is 3.82. The van der Waals surface area contributed by atoms with Crippen molar-refractivity contribution in [3.05, 3.63) is 34.0 Å². The van der Waals surface area contributed by atoms with E-state index in [0.717, 1.165) is 20.8 Å². The molecule has 1 N–H and O–H groups in total. The van der Waals surface area contributed by atoms with Crippen molar-refractivity contribution in [3.63, 3.8) is 0 Å². The normalized spacial score (nSPS) is 18.8. The lowest BCUT2D eigenvalue weighted by molar-refractivity contribution is -0.132. The third-order valence-corrected chi connectivity index (χ3v) is 4.81. The largest absolute Gasteiger partial charge is 0.332 e. The minimum Gasteiger partial charge on any atom is -0.332 e. The summed E-state index contributed by atoms with van der Waals surface area (Å²) in [7, 11) is 0. The molecule has 1 aromatic rings. The highest BCUT2D eigenvalue weighted by Crippen LogP contribution is 2.23. The van der Waals surface area contributed by atoms with Crippen molar-refractivity contribution in [3.8, 4) is 0 Å². The number of carbonyl (C=O) groups is 1. The van der Waals surface area contributed by atoms with Crippen molar-refractivity contribution in [2.24, 2.45) is 0 Å². The number of thioether (sulfide) groups is 1. The number of nitrogens with zero attached hydrogens (tertiary/aromatic N) is 1. The molecule has 1 aliphatic heterocycles. The van der Waals surface area contributed by atoms with Gasteiger partial charge in [-0.05, 0) is 12.1 Å². The van der Waals surface area contributed by atoms with E-state index in [1.807, 2.05) is 17.0 Å². The van der Waals surface area contributed by atoms with Crippen LogP contribution in [0.1, 0.15) is 4.88 Å². The molecule has 6 heteroatoms. The van der Waals surface area contributed by atoms with Crippen LogP contribution in [0.2, 0.25) is 4.34 Å². The van der Waals surface area contributed by atoms with Crippen molar-refractivity contribution >= 4 is 40.6 Å². The van der Waals surface area contributed by atoms with Gasteiger partial charge >= 0.3 is 0 Å². The molecule has 2 heterocycles. The Labute approximate surface area is 120 Å². The predicted molar refractivity (Wildman–Crippen MR) is 79.2 cm³/mol. The summed E-state index contributed by atoms with van der Waals surface area (Å²) in [5.41, 5.74) is 0. The minimum atomic E-state index is -0.0645. The van der Waals surface area contributed by atoms with Gasteiger partial charge in [-0.3, -0.25) is 10.1 Å². The molecule has 2 rings (SSSR count). The van der Waals surface area contributed by atoms with Gasteiger partial charge in [-0.15, -0.1) is 29.7 Å². The van der Waals surface area contributed by atoms with Gasteiger partial charge in [-0.1, -0.05) is 17.7 Å². The molecule has 18 heavy (non-hydrogen) atoms. The van der Waals surface area contributed by atoms with E-state index in [0.29, 0.717) is 13.1 Å². The van der Waals surface area contributed by atoms with Gasteiger partial charge in [0.25, 0.3) is 0 Å². The molecule has 0 aliphatic carbocycles. The molecule has 1 fully saturated rings. The van der Waals surface area contributed by atoms with Crippen LogP contribution in [0.5, 0.6) is 0 Å². The predicted octanol–water partition coefficient (Wildman–Crippen LogP) is 2.58. The Hall–Kier alpha value is -0.490. The fraction of sp³-hybridized carbons (Fsp3) is 0.417. The van der Waals surface area contributed by atoms with Gasteiger partial charge in [0.05, 0.1) is 16.9 Å². The molecule has 1 saturated heterocycles. The molecule has 1 amide bonds. The molecule has 0 aromatic carbocycles. The van der Waals surface area contributed by atoms with E-state index in [1.54, 1.807) is 17.8 Å². The van der Waals surface area contributed by atoms with E-state index in [4.69, 9.17) is 11.6 Å². The molecule has 0 spiro atoms. The average molecular weight is 303 g/mol. The number of thiophene rings is 1. The molecule has 0 bridgehead atoms. The van der Waals surface area contributed by atoms with Gasteiger partial charge in [-0.2, -0.15) is 0 Å². The van der Waals surface area contributed by atoms with Gasteiger partial charge < -0.3 is 4.90 Å². The second-order valence-electron chi connectivity index (χ2n) is 3.99. The first-order chi connectivity index (χ1) is 8.70. The fourth-order valence-electron chi connectivity index (χ4n) is 1.79. The van der Waals surface area contributed by atoms with Crippen LogP contribution < -0.4 is 5.32 Å². The van der Waals surface area contributed by atoms with Crippen molar-refractivity contribution in [1.29, 1.82) is 0 Å². The lowest BCUT2D eigenvalue weighted by Crippen LogP contribution is -2.44. The van der Waals surface area contributed by atoms with E-state index in [-0.39, 0.29) is 11.9 Å². The maximum Gasteiger partial charge on any atom is 0.241 e. The summed E-state index contributed by atoms with van der Waals surface area (Å²) in [5, 5.41) is 3.20. The topological polar surface area (TPSA) is 32.3 Å². The number of halogens is 1. The third kappa shape index (κ3) is 3.51. The second-order valence-corrected chi connectivity index (χ2v) is 6.81. The number of hydrogen-bond donors (Lipinski definition) is 1. The summed E-state index contributed by atoms with van der Waals surface area (Å²) in [5.74, 6) is 1.84. The van der Waals surface area contributed by atoms with Gasteiger partial charge in [-0.25, -0.2) is 0 Å². The van der Waals surface area contributed by atoms with E-state index < -0.39 is 0 Å². The lowest BCUT2D eigenvalue weighted by atomic mass is 10.2. The lowest BCUT2D eigenvalue weighted by Gasteiger charge is -2.23. The standard InChI is InChI=1S/C12H15ClN2OS2/c1-2-5-15(6-9-3-4-11(13)18-9)12(16)10-7-17-8-14-10/h2-4,10,14H,1,5-8H2. The first kappa shape index (κ1) is 13.9. The average Bonchev–Trinajstić information content (AvgIpc) is 2.99. The molecular formula is C12H15ClN2OS2. The molecular weight excluding hydrogens is 288 g/mol. The molecule has 98 valence electrons. The van der Waals surface area contributed by atoms with Gasteiger partial charge in [0.1, 0.15) is 0 Å². The Bertz CT molecular complexity index is 429. The monoisotopic (exact) mass is 302 g/mol. The second kappa shape index (κ2) is 6.61. The van der Waals surface area contributed by atoms with E-state index >= 15 is 0 Å². The highest BCUT2D eigenvalue weighted by atomic mass is 35.5. The number of amides is 1. The highest BCUT2D eigenvalue weighted by Gasteiger charge is 2.26. The Morgan fingerprint density at radius 1 is 1.67 bits per heavy atom. The van der Waals surface area contributed by atoms with Crippen molar-refractivity contribution in [1.82, 2.24) is 10.2 Å². The SMILES string of the molecule is C=CCN(Cc1ccc(Cl)s1)C(=O)C1CSCN1. The summed E-state index contributed by atoms with van der Waals surface area (Å²) >= 11 is 9.17. The molecule has 1 atom stereocenters. The molecule has 0 radical (unpaired) electrons. The zero-order valence-electron chi connectivity index (χ0n) is 9.89. The quantitative estimate of drug-likeness (QED) is 0.849. The number of nitrogens with one attached hydrogen (secondary N) is 1. The van der Waals surface area contributed by atoms with E-state index in [1.165, 1.54) is 11.3 Å². The maximum atomic E-state index is 12.3. The third-order valence-electron chi connectivity index (χ3n) is 2.65. The Kier molecular flexibility index (Phi) is 5.12. The van der Waals surface area contributed by atoms with Crippen LogP contribution in [0.3, 0.4) is 0 Å². The minimum absolute atomic E-state index is 0.0645. The van der Waals surface area contributed by atoms with Crippen LogP contribution in [0.15, 0.2) is 24.8 Å².